The van der Waals surface area contributed by atoms with E-state index in [0.29, 0.717) is 12.3 Å². The number of rotatable bonds is 4. The summed E-state index contributed by atoms with van der Waals surface area (Å²) >= 11 is 0. The second-order valence-corrected chi connectivity index (χ2v) is 3.24. The maximum atomic E-state index is 9.48. The van der Waals surface area contributed by atoms with Crippen LogP contribution >= 0.6 is 0 Å². The van der Waals surface area contributed by atoms with Crippen LogP contribution in [0, 0.1) is 0 Å². The molecule has 1 aromatic heterocycles. The van der Waals surface area contributed by atoms with Crippen LogP contribution in [0.2, 0.25) is 0 Å². The van der Waals surface area contributed by atoms with Gasteiger partial charge in [0.1, 0.15) is 11.5 Å². The smallest absolute Gasteiger partial charge is 0.146 e. The van der Waals surface area contributed by atoms with E-state index in [1.54, 1.807) is 30.7 Å². The van der Waals surface area contributed by atoms with Crippen LogP contribution in [-0.4, -0.2) is 11.3 Å². The van der Waals surface area contributed by atoms with Crippen LogP contribution in [0.1, 0.15) is 11.3 Å². The van der Waals surface area contributed by atoms with Gasteiger partial charge in [0.15, 0.2) is 0 Å². The standard InChI is InChI=1S/C12H12N2O2.Y/c15-12-6-2-1-4-10(12)8-13-14-9-11-5-3-7-16-11;/h1-7,9,13,15H,8H2;. The van der Waals surface area contributed by atoms with Crippen LogP contribution in [0.5, 0.6) is 5.75 Å². The molecule has 0 atom stereocenters. The van der Waals surface area contributed by atoms with Crippen LogP contribution < -0.4 is 5.43 Å². The molecule has 0 saturated heterocycles. The van der Waals surface area contributed by atoms with Crippen molar-refractivity contribution in [1.29, 1.82) is 0 Å². The zero-order chi connectivity index (χ0) is 11.2. The van der Waals surface area contributed by atoms with Crippen molar-refractivity contribution in [3.63, 3.8) is 0 Å². The maximum Gasteiger partial charge on any atom is 0.146 e. The Labute approximate surface area is 125 Å². The third kappa shape index (κ3) is 4.33. The maximum absolute atomic E-state index is 9.48. The largest absolute Gasteiger partial charge is 0.508 e. The molecule has 0 saturated carbocycles. The number of nitrogens with one attached hydrogen (secondary N) is 1. The molecule has 2 rings (SSSR count). The van der Waals surface area contributed by atoms with Crippen molar-refractivity contribution in [3.8, 4) is 5.75 Å². The molecule has 0 amide bonds. The minimum absolute atomic E-state index is 0. The molecule has 0 aliphatic carbocycles. The van der Waals surface area contributed by atoms with Gasteiger partial charge in [-0.1, -0.05) is 18.2 Å². The number of hydrogen-bond acceptors (Lipinski definition) is 4. The molecule has 5 heteroatoms. The summed E-state index contributed by atoms with van der Waals surface area (Å²) < 4.78 is 5.07. The van der Waals surface area contributed by atoms with E-state index in [0.717, 1.165) is 5.56 Å². The Morgan fingerprint density at radius 3 is 2.76 bits per heavy atom. The first-order valence-corrected chi connectivity index (χ1v) is 4.92. The molecule has 1 heterocycles. The van der Waals surface area contributed by atoms with Crippen molar-refractivity contribution in [2.24, 2.45) is 5.10 Å². The number of furan rings is 1. The van der Waals surface area contributed by atoms with Gasteiger partial charge in [-0.2, -0.15) is 5.10 Å². The Kier molecular flexibility index (Phi) is 5.94. The fourth-order valence-electron chi connectivity index (χ4n) is 1.27. The Morgan fingerprint density at radius 1 is 1.24 bits per heavy atom. The topological polar surface area (TPSA) is 57.8 Å². The van der Waals surface area contributed by atoms with E-state index in [-0.39, 0.29) is 38.5 Å². The normalized spacial score (nSPS) is 10.1. The third-order valence-corrected chi connectivity index (χ3v) is 2.09. The van der Waals surface area contributed by atoms with E-state index in [1.807, 2.05) is 18.2 Å². The van der Waals surface area contributed by atoms with Crippen molar-refractivity contribution in [2.45, 2.75) is 6.54 Å². The van der Waals surface area contributed by atoms with E-state index in [2.05, 4.69) is 10.5 Å². The zero-order valence-electron chi connectivity index (χ0n) is 9.21. The van der Waals surface area contributed by atoms with Crippen molar-refractivity contribution in [2.75, 3.05) is 0 Å². The third-order valence-electron chi connectivity index (χ3n) is 2.09. The number of hydrazone groups is 1. The molecule has 0 aliphatic rings. The summed E-state index contributed by atoms with van der Waals surface area (Å²) in [6, 6.07) is 10.7. The van der Waals surface area contributed by atoms with Crippen LogP contribution in [0.3, 0.4) is 0 Å². The average molecular weight is 305 g/mol. The van der Waals surface area contributed by atoms with E-state index in [1.165, 1.54) is 0 Å². The van der Waals surface area contributed by atoms with Gasteiger partial charge < -0.3 is 14.9 Å². The van der Waals surface area contributed by atoms with E-state index < -0.39 is 0 Å². The fourth-order valence-corrected chi connectivity index (χ4v) is 1.27. The molecule has 4 nitrogen and oxygen atoms in total. The molecule has 1 radical (unpaired) electrons. The molecule has 0 bridgehead atoms. The number of benzene rings is 1. The number of nitrogens with zero attached hydrogens (tertiary/aromatic N) is 1. The van der Waals surface area contributed by atoms with Crippen molar-refractivity contribution in [3.05, 3.63) is 54.0 Å². The van der Waals surface area contributed by atoms with Gasteiger partial charge in [0.25, 0.3) is 0 Å². The van der Waals surface area contributed by atoms with Gasteiger partial charge in [-0.25, -0.2) is 0 Å². The van der Waals surface area contributed by atoms with E-state index >= 15 is 0 Å². The van der Waals surface area contributed by atoms with Gasteiger partial charge in [-0.15, -0.1) is 0 Å². The summed E-state index contributed by atoms with van der Waals surface area (Å²) in [5.74, 6) is 0.952. The number of para-hydroxylation sites is 1. The van der Waals surface area contributed by atoms with Crippen LogP contribution in [0.15, 0.2) is 52.2 Å². The number of phenolic OH excluding ortho intramolecular Hbond substituents is 1. The zero-order valence-corrected chi connectivity index (χ0v) is 12.0. The summed E-state index contributed by atoms with van der Waals surface area (Å²) in [6.45, 7) is 0.476. The van der Waals surface area contributed by atoms with Gasteiger partial charge in [-0.05, 0) is 18.2 Å². The Bertz CT molecular complexity index is 469. The van der Waals surface area contributed by atoms with Gasteiger partial charge in [-0.3, -0.25) is 0 Å². The average Bonchev–Trinajstić information content (AvgIpc) is 2.79. The Hall–Kier alpha value is -1.13. The van der Waals surface area contributed by atoms with Gasteiger partial charge in [0.2, 0.25) is 0 Å². The predicted molar refractivity (Wildman–Crippen MR) is 61.2 cm³/mol. The molecule has 0 aliphatic heterocycles. The SMILES string of the molecule is Oc1ccccc1CNN=Cc1ccco1.[Y]. The summed E-state index contributed by atoms with van der Waals surface area (Å²) in [5, 5.41) is 13.5. The Morgan fingerprint density at radius 2 is 2.06 bits per heavy atom. The minimum atomic E-state index is 0. The molecule has 2 aromatic rings. The van der Waals surface area contributed by atoms with Crippen molar-refractivity contribution < 1.29 is 42.2 Å². The van der Waals surface area contributed by atoms with E-state index in [4.69, 9.17) is 4.42 Å². The minimum Gasteiger partial charge on any atom is -0.508 e. The predicted octanol–water partition coefficient (Wildman–Crippen LogP) is 2.11. The Balaban J connectivity index is 0.00000144. The molecular weight excluding hydrogens is 293 g/mol. The molecule has 0 unspecified atom stereocenters. The number of aromatic hydroxyl groups is 1. The first-order valence-electron chi connectivity index (χ1n) is 4.92. The summed E-state index contributed by atoms with van der Waals surface area (Å²) in [7, 11) is 0. The molecule has 0 fully saturated rings. The number of phenols is 1. The number of hydrogen-bond donors (Lipinski definition) is 2. The quantitative estimate of drug-likeness (QED) is 0.672. The van der Waals surface area contributed by atoms with E-state index in [9.17, 15) is 5.11 Å². The van der Waals surface area contributed by atoms with Crippen LogP contribution in [-0.2, 0) is 39.3 Å². The molecule has 0 spiro atoms. The van der Waals surface area contributed by atoms with Crippen molar-refractivity contribution in [1.82, 2.24) is 5.43 Å². The van der Waals surface area contributed by atoms with Gasteiger partial charge >= 0.3 is 0 Å². The molecule has 2 N–H and O–H groups in total. The monoisotopic (exact) mass is 305 g/mol. The summed E-state index contributed by atoms with van der Waals surface area (Å²) in [5.41, 5.74) is 3.63. The van der Waals surface area contributed by atoms with Gasteiger partial charge in [0.05, 0.1) is 19.0 Å². The van der Waals surface area contributed by atoms with Gasteiger partial charge in [0, 0.05) is 38.3 Å². The summed E-state index contributed by atoms with van der Waals surface area (Å²) in [6.07, 6.45) is 3.17. The van der Waals surface area contributed by atoms with Crippen LogP contribution in [0.25, 0.3) is 0 Å². The van der Waals surface area contributed by atoms with Crippen molar-refractivity contribution >= 4 is 6.21 Å². The molecule has 1 aromatic carbocycles. The van der Waals surface area contributed by atoms with Crippen LogP contribution in [0.4, 0.5) is 0 Å². The second kappa shape index (κ2) is 7.25. The summed E-state index contributed by atoms with van der Waals surface area (Å²) in [4.78, 5) is 0. The fraction of sp³-hybridized carbons (Fsp3) is 0.0833. The molecule has 85 valence electrons. The first-order chi connectivity index (χ1) is 7.86. The second-order valence-electron chi connectivity index (χ2n) is 3.24. The molecule has 17 heavy (non-hydrogen) atoms. The molecular formula is C12H12N2O2Y. The first kappa shape index (κ1) is 13.9.